The summed E-state index contributed by atoms with van der Waals surface area (Å²) in [5, 5.41) is 2.50. The zero-order chi connectivity index (χ0) is 18.6. The number of hydrogen-bond acceptors (Lipinski definition) is 3. The molecule has 0 aliphatic carbocycles. The van der Waals surface area contributed by atoms with Crippen LogP contribution in [0.3, 0.4) is 0 Å². The van der Waals surface area contributed by atoms with Gasteiger partial charge in [-0.05, 0) is 13.0 Å². The van der Waals surface area contributed by atoms with Gasteiger partial charge in [0.15, 0.2) is 0 Å². The third kappa shape index (κ3) is 5.02. The molecule has 5 nitrogen and oxygen atoms in total. The van der Waals surface area contributed by atoms with Crippen LogP contribution in [0.25, 0.3) is 0 Å². The van der Waals surface area contributed by atoms with E-state index in [2.05, 4.69) is 15.0 Å². The fraction of sp³-hybridized carbons (Fsp3) is 0.375. The Morgan fingerprint density at radius 3 is 2.60 bits per heavy atom. The van der Waals surface area contributed by atoms with E-state index >= 15 is 0 Å². The van der Waals surface area contributed by atoms with Crippen LogP contribution in [-0.2, 0) is 16.6 Å². The molecule has 0 fully saturated rings. The quantitative estimate of drug-likeness (QED) is 0.807. The fourth-order valence-electron chi connectivity index (χ4n) is 2.20. The maximum atomic E-state index is 14.2. The van der Waals surface area contributed by atoms with Crippen LogP contribution in [0, 0.1) is 5.82 Å². The molecule has 0 bridgehead atoms. The second kappa shape index (κ2) is 7.64. The monoisotopic (exact) mass is 359 g/mol. The first-order valence-electron chi connectivity index (χ1n) is 7.39. The molecule has 0 saturated carbocycles. The number of amides is 1. The van der Waals surface area contributed by atoms with Crippen LogP contribution in [0.15, 0.2) is 36.7 Å². The van der Waals surface area contributed by atoms with Crippen molar-refractivity contribution in [2.75, 3.05) is 6.61 Å². The highest BCUT2D eigenvalue weighted by molar-refractivity contribution is 5.81. The van der Waals surface area contributed by atoms with E-state index in [0.717, 1.165) is 0 Å². The van der Waals surface area contributed by atoms with Crippen molar-refractivity contribution in [3.05, 3.63) is 53.9 Å². The van der Waals surface area contributed by atoms with Crippen molar-refractivity contribution in [1.82, 2.24) is 14.9 Å². The molecule has 0 spiro atoms. The van der Waals surface area contributed by atoms with Crippen LogP contribution in [-0.4, -0.2) is 34.3 Å². The van der Waals surface area contributed by atoms with E-state index in [4.69, 9.17) is 0 Å². The van der Waals surface area contributed by atoms with Gasteiger partial charge in [-0.1, -0.05) is 18.2 Å². The van der Waals surface area contributed by atoms with E-state index in [1.54, 1.807) is 23.9 Å². The van der Waals surface area contributed by atoms with E-state index in [-0.39, 0.29) is 5.56 Å². The molecule has 1 aromatic carbocycles. The zero-order valence-corrected chi connectivity index (χ0v) is 13.5. The Morgan fingerprint density at radius 1 is 1.36 bits per heavy atom. The smallest absolute Gasteiger partial charge is 0.359 e. The van der Waals surface area contributed by atoms with E-state index in [1.807, 2.05) is 0 Å². The summed E-state index contributed by atoms with van der Waals surface area (Å²) in [6, 6.07) is 4.80. The van der Waals surface area contributed by atoms with Gasteiger partial charge < -0.3 is 14.6 Å². The third-order valence-electron chi connectivity index (χ3n) is 3.49. The van der Waals surface area contributed by atoms with Crippen molar-refractivity contribution < 1.29 is 27.1 Å². The van der Waals surface area contributed by atoms with Crippen LogP contribution < -0.4 is 5.32 Å². The zero-order valence-electron chi connectivity index (χ0n) is 13.5. The van der Waals surface area contributed by atoms with Gasteiger partial charge in [0.05, 0.1) is 0 Å². The average Bonchev–Trinajstić information content (AvgIpc) is 2.96. The SMILES string of the molecule is C[C@H](OCC(F)(F)F)C(=O)N[C@H](c1ccccc1F)c1nccn1C. The Hall–Kier alpha value is -2.42. The number of benzene rings is 1. The van der Waals surface area contributed by atoms with Gasteiger partial charge in [0.1, 0.15) is 30.4 Å². The Morgan fingerprint density at radius 2 is 2.04 bits per heavy atom. The normalized spacial score (nSPS) is 14.2. The lowest BCUT2D eigenvalue weighted by Crippen LogP contribution is -2.40. The second-order valence-corrected chi connectivity index (χ2v) is 5.43. The summed E-state index contributed by atoms with van der Waals surface area (Å²) in [5.74, 6) is -1.04. The number of halogens is 4. The number of alkyl halides is 3. The molecule has 2 atom stereocenters. The van der Waals surface area contributed by atoms with Gasteiger partial charge in [-0.3, -0.25) is 4.79 Å². The number of aromatic nitrogens is 2. The van der Waals surface area contributed by atoms with Crippen molar-refractivity contribution in [3.63, 3.8) is 0 Å². The first-order valence-corrected chi connectivity index (χ1v) is 7.39. The maximum absolute atomic E-state index is 14.2. The van der Waals surface area contributed by atoms with E-state index < -0.39 is 36.7 Å². The van der Waals surface area contributed by atoms with Gasteiger partial charge in [-0.25, -0.2) is 9.37 Å². The van der Waals surface area contributed by atoms with Crippen molar-refractivity contribution >= 4 is 5.91 Å². The summed E-state index contributed by atoms with van der Waals surface area (Å²) in [5.41, 5.74) is 0.146. The third-order valence-corrected chi connectivity index (χ3v) is 3.49. The molecule has 0 radical (unpaired) electrons. The Balaban J connectivity index is 2.21. The van der Waals surface area contributed by atoms with Gasteiger partial charge in [0.25, 0.3) is 0 Å². The number of nitrogens with zero attached hydrogens (tertiary/aromatic N) is 2. The molecule has 2 aromatic rings. The summed E-state index contributed by atoms with van der Waals surface area (Å²) >= 11 is 0. The molecule has 136 valence electrons. The van der Waals surface area contributed by atoms with Gasteiger partial charge in [-0.2, -0.15) is 13.2 Å². The average molecular weight is 359 g/mol. The summed E-state index contributed by atoms with van der Waals surface area (Å²) in [7, 11) is 1.66. The molecule has 25 heavy (non-hydrogen) atoms. The predicted molar refractivity (Wildman–Crippen MR) is 81.1 cm³/mol. The first kappa shape index (κ1) is 18.9. The van der Waals surface area contributed by atoms with Crippen LogP contribution >= 0.6 is 0 Å². The lowest BCUT2D eigenvalue weighted by atomic mass is 10.0. The minimum Gasteiger partial charge on any atom is -0.359 e. The van der Waals surface area contributed by atoms with Gasteiger partial charge in [0.2, 0.25) is 5.91 Å². The first-order chi connectivity index (χ1) is 11.7. The minimum atomic E-state index is -4.54. The molecule has 0 aliphatic heterocycles. The Kier molecular flexibility index (Phi) is 5.78. The van der Waals surface area contributed by atoms with Gasteiger partial charge in [0, 0.05) is 25.0 Å². The molecule has 2 rings (SSSR count). The second-order valence-electron chi connectivity index (χ2n) is 5.43. The molecular weight excluding hydrogens is 342 g/mol. The van der Waals surface area contributed by atoms with Crippen molar-refractivity contribution in [2.24, 2.45) is 7.05 Å². The molecule has 0 aliphatic rings. The highest BCUT2D eigenvalue weighted by Gasteiger charge is 2.31. The molecule has 0 unspecified atom stereocenters. The minimum absolute atomic E-state index is 0.146. The van der Waals surface area contributed by atoms with Crippen LogP contribution in [0.2, 0.25) is 0 Å². The summed E-state index contributed by atoms with van der Waals surface area (Å²) in [4.78, 5) is 16.3. The number of carbonyl (C=O) groups excluding carboxylic acids is 1. The maximum Gasteiger partial charge on any atom is 0.411 e. The topological polar surface area (TPSA) is 56.1 Å². The van der Waals surface area contributed by atoms with Crippen LogP contribution in [0.5, 0.6) is 0 Å². The summed E-state index contributed by atoms with van der Waals surface area (Å²) in [6.07, 6.45) is -2.83. The molecule has 1 heterocycles. The number of rotatable bonds is 6. The molecular formula is C16H17F4N3O2. The predicted octanol–water partition coefficient (Wildman–Crippen LogP) is 2.73. The number of ether oxygens (including phenoxy) is 1. The van der Waals surface area contributed by atoms with Crippen molar-refractivity contribution in [1.29, 1.82) is 0 Å². The molecule has 0 saturated heterocycles. The number of nitrogens with one attached hydrogen (secondary N) is 1. The highest BCUT2D eigenvalue weighted by Crippen LogP contribution is 2.23. The number of aryl methyl sites for hydroxylation is 1. The summed E-state index contributed by atoms with van der Waals surface area (Å²) in [6.45, 7) is -0.355. The lowest BCUT2D eigenvalue weighted by molar-refractivity contribution is -0.185. The number of hydrogen-bond donors (Lipinski definition) is 1. The largest absolute Gasteiger partial charge is 0.411 e. The molecule has 1 N–H and O–H groups in total. The van der Waals surface area contributed by atoms with Crippen molar-refractivity contribution in [2.45, 2.75) is 25.2 Å². The Labute approximate surface area is 141 Å². The van der Waals surface area contributed by atoms with Gasteiger partial charge in [-0.15, -0.1) is 0 Å². The standard InChI is InChI=1S/C16H17F4N3O2/c1-10(25-9-16(18,19)20)15(24)22-13(14-21-7-8-23(14)2)11-5-3-4-6-12(11)17/h3-8,10,13H,9H2,1-2H3,(H,22,24)/t10-,13+/m0/s1. The molecule has 1 aromatic heterocycles. The van der Waals surface area contributed by atoms with Gasteiger partial charge >= 0.3 is 6.18 Å². The van der Waals surface area contributed by atoms with Crippen molar-refractivity contribution in [3.8, 4) is 0 Å². The lowest BCUT2D eigenvalue weighted by Gasteiger charge is -2.22. The fourth-order valence-corrected chi connectivity index (χ4v) is 2.20. The molecule has 9 heteroatoms. The number of carbonyl (C=O) groups is 1. The van der Waals surface area contributed by atoms with Crippen LogP contribution in [0.4, 0.5) is 17.6 Å². The van der Waals surface area contributed by atoms with E-state index in [9.17, 15) is 22.4 Å². The molecule has 1 amide bonds. The van der Waals surface area contributed by atoms with E-state index in [0.29, 0.717) is 5.82 Å². The van der Waals surface area contributed by atoms with E-state index in [1.165, 1.54) is 31.3 Å². The summed E-state index contributed by atoms with van der Waals surface area (Å²) < 4.78 is 56.9. The number of imidazole rings is 1. The van der Waals surface area contributed by atoms with Crippen LogP contribution in [0.1, 0.15) is 24.4 Å². The Bertz CT molecular complexity index is 730. The highest BCUT2D eigenvalue weighted by atomic mass is 19.4.